The predicted molar refractivity (Wildman–Crippen MR) is 113 cm³/mol. The summed E-state index contributed by atoms with van der Waals surface area (Å²) in [6.07, 6.45) is -0.996. The van der Waals surface area contributed by atoms with E-state index in [-0.39, 0.29) is 18.9 Å². The molecular formula is C20H19N3O4S2. The fraction of sp³-hybridized carbons (Fsp3) is 0.200. The normalized spacial score (nSPS) is 11.5. The summed E-state index contributed by atoms with van der Waals surface area (Å²) in [4.78, 5) is 40.9. The number of rotatable bonds is 8. The highest BCUT2D eigenvalue weighted by atomic mass is 32.1. The molecule has 1 unspecified atom stereocenters. The third kappa shape index (κ3) is 5.97. The van der Waals surface area contributed by atoms with Crippen molar-refractivity contribution in [3.63, 3.8) is 0 Å². The Morgan fingerprint density at radius 2 is 1.90 bits per heavy atom. The summed E-state index contributed by atoms with van der Waals surface area (Å²) in [5.41, 5.74) is 1.71. The van der Waals surface area contributed by atoms with Gasteiger partial charge in [0.2, 0.25) is 0 Å². The Balaban J connectivity index is 1.42. The molecule has 9 heteroatoms. The van der Waals surface area contributed by atoms with E-state index in [2.05, 4.69) is 15.6 Å². The monoisotopic (exact) mass is 429 g/mol. The Bertz CT molecular complexity index is 971. The van der Waals surface area contributed by atoms with Crippen LogP contribution in [0.25, 0.3) is 11.3 Å². The third-order valence-corrected chi connectivity index (χ3v) is 5.47. The van der Waals surface area contributed by atoms with E-state index >= 15 is 0 Å². The van der Waals surface area contributed by atoms with Gasteiger partial charge in [-0.1, -0.05) is 36.4 Å². The number of nitrogens with zero attached hydrogens (tertiary/aromatic N) is 1. The van der Waals surface area contributed by atoms with Crippen LogP contribution in [0.5, 0.6) is 0 Å². The van der Waals surface area contributed by atoms with Gasteiger partial charge in [-0.2, -0.15) is 0 Å². The van der Waals surface area contributed by atoms with E-state index in [4.69, 9.17) is 4.74 Å². The summed E-state index contributed by atoms with van der Waals surface area (Å²) in [5, 5.41) is 9.37. The molecule has 1 atom stereocenters. The summed E-state index contributed by atoms with van der Waals surface area (Å²) in [5.74, 6) is -1.27. The van der Waals surface area contributed by atoms with Crippen molar-refractivity contribution in [3.05, 3.63) is 58.1 Å². The van der Waals surface area contributed by atoms with E-state index in [1.165, 1.54) is 29.6 Å². The van der Waals surface area contributed by atoms with E-state index < -0.39 is 18.0 Å². The van der Waals surface area contributed by atoms with Crippen molar-refractivity contribution in [2.24, 2.45) is 0 Å². The topological polar surface area (TPSA) is 97.4 Å². The average Bonchev–Trinajstić information content (AvgIpc) is 3.41. The van der Waals surface area contributed by atoms with Gasteiger partial charge in [0.1, 0.15) is 0 Å². The molecule has 2 amide bonds. The molecule has 0 saturated heterocycles. The zero-order chi connectivity index (χ0) is 20.6. The molecule has 2 aromatic heterocycles. The van der Waals surface area contributed by atoms with Crippen LogP contribution in [0.15, 0.2) is 53.2 Å². The number of amides is 2. The maximum atomic E-state index is 12.2. The Hall–Kier alpha value is -3.04. The first-order valence-corrected chi connectivity index (χ1v) is 10.6. The first-order valence-electron chi connectivity index (χ1n) is 8.86. The van der Waals surface area contributed by atoms with Crippen molar-refractivity contribution in [2.75, 3.05) is 11.9 Å². The van der Waals surface area contributed by atoms with Gasteiger partial charge in [-0.25, -0.2) is 4.98 Å². The Morgan fingerprint density at radius 1 is 1.10 bits per heavy atom. The van der Waals surface area contributed by atoms with Gasteiger partial charge in [0.05, 0.1) is 17.0 Å². The number of nitrogens with one attached hydrogen (secondary N) is 2. The molecule has 0 aliphatic heterocycles. The van der Waals surface area contributed by atoms with Crippen molar-refractivity contribution in [1.82, 2.24) is 10.3 Å². The number of carbonyl (C=O) groups excluding carboxylic acids is 3. The van der Waals surface area contributed by atoms with Crippen molar-refractivity contribution < 1.29 is 19.1 Å². The number of thiazole rings is 1. The van der Waals surface area contributed by atoms with E-state index in [0.717, 1.165) is 11.3 Å². The van der Waals surface area contributed by atoms with Crippen molar-refractivity contribution in [3.8, 4) is 11.3 Å². The Kier molecular flexibility index (Phi) is 7.09. The van der Waals surface area contributed by atoms with Gasteiger partial charge in [0, 0.05) is 17.5 Å². The molecule has 0 radical (unpaired) electrons. The Morgan fingerprint density at radius 3 is 2.62 bits per heavy atom. The van der Waals surface area contributed by atoms with Gasteiger partial charge in [0.15, 0.2) is 11.2 Å². The summed E-state index contributed by atoms with van der Waals surface area (Å²) >= 11 is 2.61. The number of carbonyl (C=O) groups is 3. The zero-order valence-corrected chi connectivity index (χ0v) is 17.2. The van der Waals surface area contributed by atoms with Gasteiger partial charge < -0.3 is 10.1 Å². The smallest absolute Gasteiger partial charge is 0.308 e. The van der Waals surface area contributed by atoms with E-state index in [1.54, 1.807) is 17.5 Å². The van der Waals surface area contributed by atoms with Gasteiger partial charge in [-0.15, -0.1) is 22.7 Å². The second-order valence-corrected chi connectivity index (χ2v) is 7.81. The van der Waals surface area contributed by atoms with E-state index in [1.807, 2.05) is 35.7 Å². The van der Waals surface area contributed by atoms with Gasteiger partial charge in [0.25, 0.3) is 11.8 Å². The molecule has 0 aliphatic rings. The number of benzene rings is 1. The number of anilines is 1. The molecule has 2 N–H and O–H groups in total. The second kappa shape index (κ2) is 9.94. The zero-order valence-electron chi connectivity index (χ0n) is 15.6. The highest BCUT2D eigenvalue weighted by Crippen LogP contribution is 2.24. The van der Waals surface area contributed by atoms with Crippen molar-refractivity contribution >= 4 is 45.6 Å². The number of hydrogen-bond donors (Lipinski definition) is 2. The molecule has 150 valence electrons. The number of aromatic nitrogens is 1. The van der Waals surface area contributed by atoms with Crippen LogP contribution in [0.1, 0.15) is 23.0 Å². The van der Waals surface area contributed by atoms with Crippen LogP contribution in [-0.2, 0) is 14.3 Å². The lowest BCUT2D eigenvalue weighted by Crippen LogP contribution is -2.31. The predicted octanol–water partition coefficient (Wildman–Crippen LogP) is 3.56. The first kappa shape index (κ1) is 20.7. The number of hydrogen-bond acceptors (Lipinski definition) is 7. The molecule has 3 rings (SSSR count). The molecule has 0 aliphatic carbocycles. The van der Waals surface area contributed by atoms with Crippen molar-refractivity contribution in [1.29, 1.82) is 0 Å². The summed E-state index contributed by atoms with van der Waals surface area (Å²) < 4.78 is 5.13. The Labute approximate surface area is 175 Å². The number of ether oxygens (including phenoxy) is 1. The molecule has 29 heavy (non-hydrogen) atoms. The van der Waals surface area contributed by atoms with Crippen LogP contribution in [0.3, 0.4) is 0 Å². The van der Waals surface area contributed by atoms with Crippen LogP contribution in [-0.4, -0.2) is 35.4 Å². The van der Waals surface area contributed by atoms with Crippen LogP contribution in [0, 0.1) is 0 Å². The second-order valence-electron chi connectivity index (χ2n) is 6.01. The minimum absolute atomic E-state index is 0.0237. The maximum Gasteiger partial charge on any atom is 0.308 e. The average molecular weight is 430 g/mol. The van der Waals surface area contributed by atoms with Gasteiger partial charge >= 0.3 is 5.97 Å². The molecule has 0 bridgehead atoms. The largest absolute Gasteiger partial charge is 0.452 e. The SMILES string of the molecule is CC(OC(=O)CCNC(=O)c1cccs1)C(=O)Nc1nc(-c2ccccc2)cs1. The van der Waals surface area contributed by atoms with E-state index in [9.17, 15) is 14.4 Å². The molecule has 1 aromatic carbocycles. The maximum absolute atomic E-state index is 12.2. The fourth-order valence-corrected chi connectivity index (χ4v) is 3.72. The molecule has 0 fully saturated rings. The third-order valence-electron chi connectivity index (χ3n) is 3.84. The van der Waals surface area contributed by atoms with E-state index in [0.29, 0.717) is 10.0 Å². The number of thiophene rings is 1. The molecule has 3 aromatic rings. The molecule has 0 saturated carbocycles. The first-order chi connectivity index (χ1) is 14.0. The molecule has 7 nitrogen and oxygen atoms in total. The fourth-order valence-electron chi connectivity index (χ4n) is 2.36. The number of esters is 1. The quantitative estimate of drug-likeness (QED) is 0.534. The summed E-state index contributed by atoms with van der Waals surface area (Å²) in [7, 11) is 0. The minimum atomic E-state index is -0.973. The molecule has 0 spiro atoms. The highest BCUT2D eigenvalue weighted by molar-refractivity contribution is 7.14. The van der Waals surface area contributed by atoms with Gasteiger partial charge in [-0.3, -0.25) is 19.7 Å². The van der Waals surface area contributed by atoms with Crippen molar-refractivity contribution in [2.45, 2.75) is 19.4 Å². The van der Waals surface area contributed by atoms with Crippen LogP contribution < -0.4 is 10.6 Å². The lowest BCUT2D eigenvalue weighted by Gasteiger charge is -2.12. The summed E-state index contributed by atoms with van der Waals surface area (Å²) in [6, 6.07) is 13.1. The van der Waals surface area contributed by atoms with Crippen LogP contribution in [0.4, 0.5) is 5.13 Å². The van der Waals surface area contributed by atoms with Gasteiger partial charge in [-0.05, 0) is 18.4 Å². The standard InChI is InChI=1S/C20H19N3O4S2/c1-13(27-17(24)9-10-21-19(26)16-8-5-11-28-16)18(25)23-20-22-15(12-29-20)14-6-3-2-4-7-14/h2-8,11-13H,9-10H2,1H3,(H,21,26)(H,22,23,25). The lowest BCUT2D eigenvalue weighted by molar-refractivity contribution is -0.153. The van der Waals surface area contributed by atoms with Crippen LogP contribution >= 0.6 is 22.7 Å². The lowest BCUT2D eigenvalue weighted by atomic mass is 10.2. The molecular weight excluding hydrogens is 410 g/mol. The summed E-state index contributed by atoms with van der Waals surface area (Å²) in [6.45, 7) is 1.62. The molecule has 2 heterocycles. The minimum Gasteiger partial charge on any atom is -0.452 e. The highest BCUT2D eigenvalue weighted by Gasteiger charge is 2.19. The van der Waals surface area contributed by atoms with Crippen LogP contribution in [0.2, 0.25) is 0 Å².